The lowest BCUT2D eigenvalue weighted by atomic mass is 9.79. The summed E-state index contributed by atoms with van der Waals surface area (Å²) in [4.78, 5) is 4.68. The Kier molecular flexibility index (Phi) is 1.76. The van der Waals surface area contributed by atoms with E-state index in [1.807, 2.05) is 6.07 Å². The molecule has 0 bridgehead atoms. The molecule has 0 fully saturated rings. The molecular formula is C15H15N. The van der Waals surface area contributed by atoms with Gasteiger partial charge in [-0.05, 0) is 19.1 Å². The number of fused-ring (bicyclic) bond motifs is 2. The molecule has 0 saturated heterocycles. The van der Waals surface area contributed by atoms with Gasteiger partial charge in [0.15, 0.2) is 0 Å². The van der Waals surface area contributed by atoms with Crippen molar-refractivity contribution in [3.63, 3.8) is 0 Å². The van der Waals surface area contributed by atoms with E-state index < -0.39 is 0 Å². The van der Waals surface area contributed by atoms with Crippen LogP contribution in [0.15, 0.2) is 52.7 Å². The predicted octanol–water partition coefficient (Wildman–Crippen LogP) is 2.34. The van der Waals surface area contributed by atoms with Crippen LogP contribution in [0.2, 0.25) is 0 Å². The van der Waals surface area contributed by atoms with Crippen LogP contribution < -0.4 is 10.6 Å². The Morgan fingerprint density at radius 2 is 1.88 bits per heavy atom. The first kappa shape index (κ1) is 9.59. The van der Waals surface area contributed by atoms with Crippen LogP contribution >= 0.6 is 0 Å². The number of allylic oxidation sites excluding steroid dienone is 3. The normalized spacial score (nSPS) is 20.6. The molecule has 0 amide bonds. The third kappa shape index (κ3) is 1.21. The van der Waals surface area contributed by atoms with Crippen LogP contribution in [0.5, 0.6) is 0 Å². The van der Waals surface area contributed by atoms with E-state index in [0.717, 1.165) is 11.1 Å². The van der Waals surface area contributed by atoms with Gasteiger partial charge in [0.25, 0.3) is 0 Å². The first-order valence-corrected chi connectivity index (χ1v) is 5.68. The van der Waals surface area contributed by atoms with Crippen molar-refractivity contribution in [2.24, 2.45) is 10.4 Å². The van der Waals surface area contributed by atoms with Gasteiger partial charge in [0.05, 0.1) is 11.1 Å². The molecule has 2 aliphatic rings. The van der Waals surface area contributed by atoms with E-state index in [4.69, 9.17) is 0 Å². The Morgan fingerprint density at radius 1 is 1.12 bits per heavy atom. The summed E-state index contributed by atoms with van der Waals surface area (Å²) in [6, 6.07) is 8.35. The van der Waals surface area contributed by atoms with Gasteiger partial charge in [0, 0.05) is 16.2 Å². The van der Waals surface area contributed by atoms with E-state index >= 15 is 0 Å². The fourth-order valence-electron chi connectivity index (χ4n) is 2.25. The van der Waals surface area contributed by atoms with Gasteiger partial charge < -0.3 is 0 Å². The second-order valence-corrected chi connectivity index (χ2v) is 5.12. The summed E-state index contributed by atoms with van der Waals surface area (Å²) < 4.78 is 0. The average molecular weight is 209 g/mol. The van der Waals surface area contributed by atoms with Crippen molar-refractivity contribution >= 4 is 5.57 Å². The molecule has 3 rings (SSSR count). The zero-order valence-electron chi connectivity index (χ0n) is 9.91. The monoisotopic (exact) mass is 209 g/mol. The fraction of sp³-hybridized carbons (Fsp3) is 0.267. The summed E-state index contributed by atoms with van der Waals surface area (Å²) in [5, 5.41) is 2.37. The first-order valence-electron chi connectivity index (χ1n) is 5.68. The van der Waals surface area contributed by atoms with Gasteiger partial charge in [-0.2, -0.15) is 0 Å². The smallest absolute Gasteiger partial charge is 0.0716 e. The van der Waals surface area contributed by atoms with Crippen LogP contribution in [0, 0.1) is 5.41 Å². The molecule has 16 heavy (non-hydrogen) atoms. The van der Waals surface area contributed by atoms with Crippen molar-refractivity contribution < 1.29 is 0 Å². The predicted molar refractivity (Wildman–Crippen MR) is 66.3 cm³/mol. The highest BCUT2D eigenvalue weighted by Crippen LogP contribution is 2.37. The van der Waals surface area contributed by atoms with Gasteiger partial charge in [-0.25, -0.2) is 4.99 Å². The van der Waals surface area contributed by atoms with Gasteiger partial charge in [0.1, 0.15) is 0 Å². The van der Waals surface area contributed by atoms with Gasteiger partial charge in [-0.15, -0.1) is 0 Å². The van der Waals surface area contributed by atoms with Crippen LogP contribution in [0.1, 0.15) is 20.8 Å². The Bertz CT molecular complexity index is 642. The van der Waals surface area contributed by atoms with E-state index in [9.17, 15) is 0 Å². The summed E-state index contributed by atoms with van der Waals surface area (Å²) in [7, 11) is 0. The molecule has 0 aromatic heterocycles. The lowest BCUT2D eigenvalue weighted by Crippen LogP contribution is -2.22. The third-order valence-electron chi connectivity index (χ3n) is 3.59. The number of hydrogen-bond acceptors (Lipinski definition) is 1. The van der Waals surface area contributed by atoms with Gasteiger partial charge >= 0.3 is 0 Å². The van der Waals surface area contributed by atoms with E-state index in [1.54, 1.807) is 0 Å². The van der Waals surface area contributed by atoms with Crippen LogP contribution in [0.3, 0.4) is 0 Å². The lowest BCUT2D eigenvalue weighted by Gasteiger charge is -2.26. The van der Waals surface area contributed by atoms with E-state index in [2.05, 4.69) is 56.1 Å². The lowest BCUT2D eigenvalue weighted by molar-refractivity contribution is 0.572. The van der Waals surface area contributed by atoms with Gasteiger partial charge in [0.2, 0.25) is 0 Å². The molecule has 0 radical (unpaired) electrons. The van der Waals surface area contributed by atoms with Crippen molar-refractivity contribution in [2.45, 2.75) is 20.8 Å². The molecule has 0 atom stereocenters. The van der Waals surface area contributed by atoms with Crippen LogP contribution in [-0.4, -0.2) is 0 Å². The zero-order chi connectivity index (χ0) is 11.3. The number of nitrogens with zero attached hydrogens (tertiary/aromatic N) is 1. The Morgan fingerprint density at radius 3 is 2.69 bits per heavy atom. The quantitative estimate of drug-likeness (QED) is 0.622. The molecule has 0 unspecified atom stereocenters. The molecule has 1 heteroatoms. The maximum atomic E-state index is 4.68. The summed E-state index contributed by atoms with van der Waals surface area (Å²) in [6.07, 6.45) is 4.56. The highest BCUT2D eigenvalue weighted by Gasteiger charge is 2.25. The Balaban J connectivity index is 2.38. The molecule has 0 saturated carbocycles. The second kappa shape index (κ2) is 2.94. The SMILES string of the molecule is CC1=CC2=c3ccccc3=NC2=CC1(C)C. The molecule has 1 nitrogen and oxygen atoms in total. The largest absolute Gasteiger partial charge is 0.248 e. The summed E-state index contributed by atoms with van der Waals surface area (Å²) in [6.45, 7) is 6.67. The van der Waals surface area contributed by atoms with E-state index in [0.29, 0.717) is 0 Å². The molecule has 1 aliphatic heterocycles. The minimum Gasteiger partial charge on any atom is -0.248 e. The van der Waals surface area contributed by atoms with Crippen molar-refractivity contribution in [1.82, 2.24) is 0 Å². The number of benzene rings is 1. The third-order valence-corrected chi connectivity index (χ3v) is 3.59. The topological polar surface area (TPSA) is 12.4 Å². The minimum atomic E-state index is 0.129. The number of hydrogen-bond donors (Lipinski definition) is 0. The first-order chi connectivity index (χ1) is 7.58. The molecule has 80 valence electrons. The molecule has 0 N–H and O–H groups in total. The molecular weight excluding hydrogens is 194 g/mol. The summed E-state index contributed by atoms with van der Waals surface area (Å²) in [5.74, 6) is 0. The molecule has 1 heterocycles. The molecule has 1 aromatic rings. The van der Waals surface area contributed by atoms with E-state index in [1.165, 1.54) is 16.4 Å². The highest BCUT2D eigenvalue weighted by molar-refractivity contribution is 5.77. The van der Waals surface area contributed by atoms with Crippen LogP contribution in [-0.2, 0) is 0 Å². The van der Waals surface area contributed by atoms with Crippen molar-refractivity contribution in [1.29, 1.82) is 0 Å². The van der Waals surface area contributed by atoms with Crippen LogP contribution in [0.25, 0.3) is 5.57 Å². The van der Waals surface area contributed by atoms with Crippen LogP contribution in [0.4, 0.5) is 0 Å². The molecule has 0 spiro atoms. The Labute approximate surface area is 95.5 Å². The maximum absolute atomic E-state index is 4.68. The van der Waals surface area contributed by atoms with Crippen molar-refractivity contribution in [3.05, 3.63) is 58.3 Å². The maximum Gasteiger partial charge on any atom is 0.0716 e. The summed E-state index contributed by atoms with van der Waals surface area (Å²) in [5.41, 5.74) is 3.95. The fourth-order valence-corrected chi connectivity index (χ4v) is 2.25. The standard InChI is InChI=1S/C15H15N/c1-10-8-12-11-6-4-5-7-13(11)16-14(12)9-15(10,2)3/h4-9H,1-3H3. The zero-order valence-corrected chi connectivity index (χ0v) is 9.91. The van der Waals surface area contributed by atoms with Crippen molar-refractivity contribution in [2.75, 3.05) is 0 Å². The summed E-state index contributed by atoms with van der Waals surface area (Å²) >= 11 is 0. The Hall–Kier alpha value is -1.63. The van der Waals surface area contributed by atoms with Gasteiger partial charge in [-0.3, -0.25) is 0 Å². The second-order valence-electron chi connectivity index (χ2n) is 5.12. The minimum absolute atomic E-state index is 0.129. The number of rotatable bonds is 0. The van der Waals surface area contributed by atoms with E-state index in [-0.39, 0.29) is 5.41 Å². The van der Waals surface area contributed by atoms with Gasteiger partial charge in [-0.1, -0.05) is 43.7 Å². The highest BCUT2D eigenvalue weighted by atomic mass is 14.8. The number of para-hydroxylation sites is 1. The average Bonchev–Trinajstić information content (AvgIpc) is 2.56. The molecule has 1 aromatic carbocycles. The molecule has 1 aliphatic carbocycles. The van der Waals surface area contributed by atoms with Crippen molar-refractivity contribution in [3.8, 4) is 0 Å².